The van der Waals surface area contributed by atoms with Crippen molar-refractivity contribution in [3.05, 3.63) is 0 Å². The Kier molecular flexibility index (Phi) is 22.8. The summed E-state index contributed by atoms with van der Waals surface area (Å²) in [5.41, 5.74) is 0. The number of ether oxygens (including phenoxy) is 3. The zero-order valence-electron chi connectivity index (χ0n) is 16.7. The highest BCUT2D eigenvalue weighted by atomic mass is 16.5. The van der Waals surface area contributed by atoms with Crippen LogP contribution in [0.25, 0.3) is 0 Å². The topological polar surface area (TPSA) is 27.7 Å². The van der Waals surface area contributed by atoms with Crippen LogP contribution in [0.4, 0.5) is 0 Å². The molecule has 0 unspecified atom stereocenters. The van der Waals surface area contributed by atoms with Crippen molar-refractivity contribution in [3.8, 4) is 0 Å². The second kappa shape index (κ2) is 22.9. The number of unbranched alkanes of at least 4 members (excludes halogenated alkanes) is 10. The van der Waals surface area contributed by atoms with E-state index in [1.54, 1.807) is 0 Å². The Morgan fingerprint density at radius 3 is 1.12 bits per heavy atom. The molecule has 0 N–H and O–H groups in total. The van der Waals surface area contributed by atoms with Gasteiger partial charge in [0.2, 0.25) is 0 Å². The number of hydrogen-bond acceptors (Lipinski definition) is 3. The molecule has 0 aliphatic heterocycles. The van der Waals surface area contributed by atoms with E-state index in [4.69, 9.17) is 14.2 Å². The maximum atomic E-state index is 5.69. The van der Waals surface area contributed by atoms with E-state index in [9.17, 15) is 0 Å². The maximum absolute atomic E-state index is 5.69. The van der Waals surface area contributed by atoms with Crippen LogP contribution in [0.5, 0.6) is 0 Å². The lowest BCUT2D eigenvalue weighted by Crippen LogP contribution is -2.06. The molecule has 0 bridgehead atoms. The molecule has 3 heteroatoms. The highest BCUT2D eigenvalue weighted by Crippen LogP contribution is 2.06. The molecule has 0 radical (unpaired) electrons. The molecular formula is C21H44O3. The number of rotatable bonds is 21. The van der Waals surface area contributed by atoms with Gasteiger partial charge in [-0.2, -0.15) is 0 Å². The summed E-state index contributed by atoms with van der Waals surface area (Å²) in [5.74, 6) is 0. The Morgan fingerprint density at radius 2 is 0.667 bits per heavy atom. The van der Waals surface area contributed by atoms with Crippen molar-refractivity contribution < 1.29 is 14.2 Å². The summed E-state index contributed by atoms with van der Waals surface area (Å²) in [6, 6.07) is 0. The number of hydrogen-bond donors (Lipinski definition) is 0. The van der Waals surface area contributed by atoms with Gasteiger partial charge in [-0.25, -0.2) is 0 Å². The average Bonchev–Trinajstić information content (AvgIpc) is 2.60. The van der Waals surface area contributed by atoms with E-state index in [0.717, 1.165) is 46.1 Å². The van der Waals surface area contributed by atoms with Crippen molar-refractivity contribution in [2.24, 2.45) is 0 Å². The van der Waals surface area contributed by atoms with Crippen LogP contribution in [-0.4, -0.2) is 39.6 Å². The van der Waals surface area contributed by atoms with Gasteiger partial charge in [-0.05, 0) is 25.7 Å². The third-order valence-electron chi connectivity index (χ3n) is 4.23. The lowest BCUT2D eigenvalue weighted by atomic mass is 10.1. The van der Waals surface area contributed by atoms with Gasteiger partial charge in [0, 0.05) is 26.4 Å². The summed E-state index contributed by atoms with van der Waals surface area (Å²) in [7, 11) is 0. The lowest BCUT2D eigenvalue weighted by molar-refractivity contribution is 0.0452. The first-order chi connectivity index (χ1) is 11.9. The summed E-state index contributed by atoms with van der Waals surface area (Å²) in [6.45, 7) is 9.62. The Balaban J connectivity index is 2.93. The molecule has 0 aromatic rings. The SMILES string of the molecule is CCCCCCCOCCCCCCCCOCCOCCCC. The third-order valence-corrected chi connectivity index (χ3v) is 4.23. The molecule has 0 amide bonds. The summed E-state index contributed by atoms with van der Waals surface area (Å²) in [6.07, 6.45) is 16.7. The van der Waals surface area contributed by atoms with E-state index in [2.05, 4.69) is 13.8 Å². The predicted molar refractivity (Wildman–Crippen MR) is 104 cm³/mol. The second-order valence-electron chi connectivity index (χ2n) is 6.73. The molecule has 0 fully saturated rings. The Hall–Kier alpha value is -0.120. The van der Waals surface area contributed by atoms with Gasteiger partial charge in [-0.15, -0.1) is 0 Å². The van der Waals surface area contributed by atoms with Crippen molar-refractivity contribution in [2.75, 3.05) is 39.6 Å². The van der Waals surface area contributed by atoms with Gasteiger partial charge in [0.25, 0.3) is 0 Å². The van der Waals surface area contributed by atoms with E-state index >= 15 is 0 Å². The third kappa shape index (κ3) is 21.9. The van der Waals surface area contributed by atoms with Crippen LogP contribution in [0.3, 0.4) is 0 Å². The quantitative estimate of drug-likeness (QED) is 0.234. The van der Waals surface area contributed by atoms with Crippen LogP contribution < -0.4 is 0 Å². The smallest absolute Gasteiger partial charge is 0.0700 e. The van der Waals surface area contributed by atoms with E-state index in [0.29, 0.717) is 0 Å². The van der Waals surface area contributed by atoms with Crippen LogP contribution in [0.2, 0.25) is 0 Å². The fourth-order valence-electron chi connectivity index (χ4n) is 2.59. The Labute approximate surface area is 151 Å². The van der Waals surface area contributed by atoms with Gasteiger partial charge >= 0.3 is 0 Å². The van der Waals surface area contributed by atoms with E-state index in [1.165, 1.54) is 77.0 Å². The van der Waals surface area contributed by atoms with Gasteiger partial charge in [0.05, 0.1) is 13.2 Å². The van der Waals surface area contributed by atoms with Crippen LogP contribution >= 0.6 is 0 Å². The molecule has 0 heterocycles. The van der Waals surface area contributed by atoms with Crippen LogP contribution in [0.15, 0.2) is 0 Å². The van der Waals surface area contributed by atoms with Crippen LogP contribution in [0, 0.1) is 0 Å². The van der Waals surface area contributed by atoms with Gasteiger partial charge < -0.3 is 14.2 Å². The Bertz CT molecular complexity index is 187. The van der Waals surface area contributed by atoms with Gasteiger partial charge in [-0.1, -0.05) is 71.6 Å². The van der Waals surface area contributed by atoms with Crippen LogP contribution in [-0.2, 0) is 14.2 Å². The highest BCUT2D eigenvalue weighted by Gasteiger charge is 1.94. The minimum Gasteiger partial charge on any atom is -0.381 e. The van der Waals surface area contributed by atoms with Crippen LogP contribution in [0.1, 0.15) is 97.3 Å². The lowest BCUT2D eigenvalue weighted by Gasteiger charge is -2.06. The van der Waals surface area contributed by atoms with Gasteiger partial charge in [-0.3, -0.25) is 0 Å². The normalized spacial score (nSPS) is 11.2. The van der Waals surface area contributed by atoms with Crippen molar-refractivity contribution in [2.45, 2.75) is 97.3 Å². The molecular weight excluding hydrogens is 300 g/mol. The maximum Gasteiger partial charge on any atom is 0.0700 e. The zero-order valence-corrected chi connectivity index (χ0v) is 16.7. The first-order valence-corrected chi connectivity index (χ1v) is 10.6. The molecule has 0 rings (SSSR count). The van der Waals surface area contributed by atoms with Crippen molar-refractivity contribution in [1.82, 2.24) is 0 Å². The molecule has 0 spiro atoms. The van der Waals surface area contributed by atoms with E-state index in [1.807, 2.05) is 0 Å². The van der Waals surface area contributed by atoms with E-state index < -0.39 is 0 Å². The molecule has 0 aromatic heterocycles. The van der Waals surface area contributed by atoms with Crippen molar-refractivity contribution >= 4 is 0 Å². The molecule has 0 atom stereocenters. The predicted octanol–water partition coefficient (Wildman–Crippen LogP) is 6.15. The average molecular weight is 345 g/mol. The summed E-state index contributed by atoms with van der Waals surface area (Å²) in [5, 5.41) is 0. The molecule has 24 heavy (non-hydrogen) atoms. The molecule has 146 valence electrons. The van der Waals surface area contributed by atoms with Gasteiger partial charge in [0.15, 0.2) is 0 Å². The first kappa shape index (κ1) is 23.9. The first-order valence-electron chi connectivity index (χ1n) is 10.6. The zero-order chi connectivity index (χ0) is 17.6. The molecule has 0 aromatic carbocycles. The summed E-state index contributed by atoms with van der Waals surface area (Å²) >= 11 is 0. The van der Waals surface area contributed by atoms with E-state index in [-0.39, 0.29) is 0 Å². The molecule has 0 aliphatic carbocycles. The largest absolute Gasteiger partial charge is 0.381 e. The minimum atomic E-state index is 0.749. The minimum absolute atomic E-state index is 0.749. The fraction of sp³-hybridized carbons (Fsp3) is 1.00. The molecule has 0 saturated carbocycles. The Morgan fingerprint density at radius 1 is 0.333 bits per heavy atom. The molecule has 3 nitrogen and oxygen atoms in total. The molecule has 0 aliphatic rings. The fourth-order valence-corrected chi connectivity index (χ4v) is 2.59. The summed E-state index contributed by atoms with van der Waals surface area (Å²) in [4.78, 5) is 0. The standard InChI is InChI=1S/C21H44O3/c1-3-5-7-10-13-17-22-18-14-11-8-9-12-15-19-24-21-20-23-16-6-4-2/h3-21H2,1-2H3. The summed E-state index contributed by atoms with van der Waals surface area (Å²) < 4.78 is 16.7. The second-order valence-corrected chi connectivity index (χ2v) is 6.73. The van der Waals surface area contributed by atoms with Crippen molar-refractivity contribution in [1.29, 1.82) is 0 Å². The molecule has 0 saturated heterocycles. The van der Waals surface area contributed by atoms with Gasteiger partial charge in [0.1, 0.15) is 0 Å². The highest BCUT2D eigenvalue weighted by molar-refractivity contribution is 4.46. The van der Waals surface area contributed by atoms with Crippen molar-refractivity contribution in [3.63, 3.8) is 0 Å². The monoisotopic (exact) mass is 344 g/mol.